The van der Waals surface area contributed by atoms with Gasteiger partial charge in [-0.15, -0.1) is 0 Å². The molecule has 1 aromatic carbocycles. The zero-order valence-corrected chi connectivity index (χ0v) is 12.1. The highest BCUT2D eigenvalue weighted by Crippen LogP contribution is 2.49. The van der Waals surface area contributed by atoms with E-state index in [0.29, 0.717) is 11.8 Å². The second-order valence-corrected chi connectivity index (χ2v) is 6.99. The number of aliphatic hydroxyl groups is 1. The third kappa shape index (κ3) is 2.19. The number of hydrogen-bond donors (Lipinski definition) is 1. The van der Waals surface area contributed by atoms with Gasteiger partial charge in [-0.2, -0.15) is 0 Å². The van der Waals surface area contributed by atoms with Gasteiger partial charge in [0.15, 0.2) is 0 Å². The molecule has 0 aromatic heterocycles. The van der Waals surface area contributed by atoms with Crippen molar-refractivity contribution in [2.45, 2.75) is 62.6 Å². The molecule has 3 aliphatic rings. The van der Waals surface area contributed by atoms with Crippen LogP contribution in [0.25, 0.3) is 0 Å². The third-order valence-electron chi connectivity index (χ3n) is 5.57. The fraction of sp³-hybridized carbons (Fsp3) is 0.667. The van der Waals surface area contributed by atoms with Crippen LogP contribution in [0.15, 0.2) is 24.3 Å². The zero-order chi connectivity index (χ0) is 13.6. The molecule has 2 heteroatoms. The van der Waals surface area contributed by atoms with E-state index >= 15 is 0 Å². The Kier molecular flexibility index (Phi) is 3.12. The molecular weight excluding hydrogens is 248 g/mol. The highest BCUT2D eigenvalue weighted by atomic mass is 16.5. The number of hydrogen-bond acceptors (Lipinski definition) is 2. The quantitative estimate of drug-likeness (QED) is 0.903. The van der Waals surface area contributed by atoms with Gasteiger partial charge in [-0.1, -0.05) is 24.3 Å². The van der Waals surface area contributed by atoms with Gasteiger partial charge in [0.2, 0.25) is 0 Å². The first-order valence-electron chi connectivity index (χ1n) is 8.18. The molecule has 2 nitrogen and oxygen atoms in total. The van der Waals surface area contributed by atoms with E-state index in [1.54, 1.807) is 0 Å². The summed E-state index contributed by atoms with van der Waals surface area (Å²) in [6, 6.07) is 8.54. The van der Waals surface area contributed by atoms with E-state index in [2.05, 4.69) is 24.3 Å². The van der Waals surface area contributed by atoms with E-state index in [4.69, 9.17) is 4.74 Å². The summed E-state index contributed by atoms with van der Waals surface area (Å²) >= 11 is 0. The first kappa shape index (κ1) is 12.8. The van der Waals surface area contributed by atoms with Crippen LogP contribution in [0.4, 0.5) is 0 Å². The molecule has 0 bridgehead atoms. The Morgan fingerprint density at radius 2 is 1.95 bits per heavy atom. The van der Waals surface area contributed by atoms with E-state index in [0.717, 1.165) is 19.4 Å². The predicted octanol–water partition coefficient (Wildman–Crippen LogP) is 3.95. The Labute approximate surface area is 121 Å². The van der Waals surface area contributed by atoms with Gasteiger partial charge in [0, 0.05) is 6.61 Å². The van der Waals surface area contributed by atoms with Crippen LogP contribution in [-0.4, -0.2) is 17.3 Å². The molecule has 0 radical (unpaired) electrons. The van der Waals surface area contributed by atoms with Crippen LogP contribution in [0.1, 0.15) is 68.1 Å². The van der Waals surface area contributed by atoms with Gasteiger partial charge in [-0.3, -0.25) is 0 Å². The SMILES string of the molecule is OC(c1ccccc1C1CC1)C1CCOC2(CCC2)C1. The lowest BCUT2D eigenvalue weighted by Crippen LogP contribution is -2.46. The molecule has 3 fully saturated rings. The van der Waals surface area contributed by atoms with Crippen LogP contribution < -0.4 is 0 Å². The molecular formula is C18H24O2. The highest BCUT2D eigenvalue weighted by Gasteiger charge is 2.44. The molecule has 1 aromatic rings. The summed E-state index contributed by atoms with van der Waals surface area (Å²) in [6.45, 7) is 0.827. The monoisotopic (exact) mass is 272 g/mol. The van der Waals surface area contributed by atoms with E-state index in [1.807, 2.05) is 0 Å². The van der Waals surface area contributed by atoms with Gasteiger partial charge in [-0.05, 0) is 67.9 Å². The van der Waals surface area contributed by atoms with Crippen LogP contribution in [0.5, 0.6) is 0 Å². The van der Waals surface area contributed by atoms with Gasteiger partial charge >= 0.3 is 0 Å². The van der Waals surface area contributed by atoms with Crippen LogP contribution in [0.2, 0.25) is 0 Å². The average Bonchev–Trinajstić information content (AvgIpc) is 3.30. The Hall–Kier alpha value is -0.860. The summed E-state index contributed by atoms with van der Waals surface area (Å²) in [5.41, 5.74) is 2.71. The van der Waals surface area contributed by atoms with Crippen molar-refractivity contribution in [2.75, 3.05) is 6.61 Å². The molecule has 2 aliphatic carbocycles. The summed E-state index contributed by atoms with van der Waals surface area (Å²) in [6.07, 6.45) is 8.02. The lowest BCUT2D eigenvalue weighted by atomic mass is 9.70. The first-order chi connectivity index (χ1) is 9.77. The predicted molar refractivity (Wildman–Crippen MR) is 78.6 cm³/mol. The van der Waals surface area contributed by atoms with Crippen LogP contribution in [-0.2, 0) is 4.74 Å². The van der Waals surface area contributed by atoms with E-state index in [1.165, 1.54) is 43.2 Å². The summed E-state index contributed by atoms with van der Waals surface area (Å²) in [4.78, 5) is 0. The molecule has 1 saturated heterocycles. The second kappa shape index (κ2) is 4.85. The van der Waals surface area contributed by atoms with Crippen molar-refractivity contribution in [3.8, 4) is 0 Å². The van der Waals surface area contributed by atoms with Crippen LogP contribution in [0.3, 0.4) is 0 Å². The fourth-order valence-corrected chi connectivity index (χ4v) is 4.06. The number of benzene rings is 1. The number of ether oxygens (including phenoxy) is 1. The molecule has 2 saturated carbocycles. The fourth-order valence-electron chi connectivity index (χ4n) is 4.06. The summed E-state index contributed by atoms with van der Waals surface area (Å²) in [7, 11) is 0. The van der Waals surface area contributed by atoms with Gasteiger partial charge in [0.1, 0.15) is 0 Å². The molecule has 1 spiro atoms. The Bertz CT molecular complexity index is 488. The molecule has 108 valence electrons. The normalized spacial score (nSPS) is 29.9. The molecule has 1 aliphatic heterocycles. The van der Waals surface area contributed by atoms with Crippen molar-refractivity contribution in [1.29, 1.82) is 0 Å². The first-order valence-corrected chi connectivity index (χ1v) is 8.18. The highest BCUT2D eigenvalue weighted by molar-refractivity contribution is 5.35. The minimum atomic E-state index is -0.298. The molecule has 1 N–H and O–H groups in total. The largest absolute Gasteiger partial charge is 0.388 e. The minimum Gasteiger partial charge on any atom is -0.388 e. The van der Waals surface area contributed by atoms with E-state index in [-0.39, 0.29) is 11.7 Å². The molecule has 2 atom stereocenters. The minimum absolute atomic E-state index is 0.123. The summed E-state index contributed by atoms with van der Waals surface area (Å²) in [5, 5.41) is 10.9. The maximum Gasteiger partial charge on any atom is 0.0822 e. The second-order valence-electron chi connectivity index (χ2n) is 6.99. The maximum absolute atomic E-state index is 10.9. The topological polar surface area (TPSA) is 29.5 Å². The third-order valence-corrected chi connectivity index (χ3v) is 5.57. The van der Waals surface area contributed by atoms with E-state index < -0.39 is 0 Å². The van der Waals surface area contributed by atoms with Crippen molar-refractivity contribution < 1.29 is 9.84 Å². The lowest BCUT2D eigenvalue weighted by Gasteiger charge is -2.48. The molecule has 2 unspecified atom stereocenters. The molecule has 1 heterocycles. The standard InChI is InChI=1S/C18H24O2/c19-17(14-8-11-20-18(12-14)9-3-10-18)16-5-2-1-4-15(16)13-6-7-13/h1-2,4-5,13-14,17,19H,3,6-12H2. The van der Waals surface area contributed by atoms with Gasteiger partial charge in [0.25, 0.3) is 0 Å². The summed E-state index contributed by atoms with van der Waals surface area (Å²) in [5.74, 6) is 1.09. The van der Waals surface area contributed by atoms with Crippen molar-refractivity contribution in [3.05, 3.63) is 35.4 Å². The van der Waals surface area contributed by atoms with Crippen molar-refractivity contribution in [3.63, 3.8) is 0 Å². The number of aliphatic hydroxyl groups excluding tert-OH is 1. The van der Waals surface area contributed by atoms with Gasteiger partial charge in [-0.25, -0.2) is 0 Å². The Morgan fingerprint density at radius 1 is 1.15 bits per heavy atom. The Morgan fingerprint density at radius 3 is 2.65 bits per heavy atom. The smallest absolute Gasteiger partial charge is 0.0822 e. The Balaban J connectivity index is 1.55. The van der Waals surface area contributed by atoms with Gasteiger partial charge in [0.05, 0.1) is 11.7 Å². The van der Waals surface area contributed by atoms with Crippen LogP contribution >= 0.6 is 0 Å². The molecule has 4 rings (SSSR count). The van der Waals surface area contributed by atoms with Crippen molar-refractivity contribution in [1.82, 2.24) is 0 Å². The van der Waals surface area contributed by atoms with Gasteiger partial charge < -0.3 is 9.84 Å². The molecule has 20 heavy (non-hydrogen) atoms. The zero-order valence-electron chi connectivity index (χ0n) is 12.1. The number of rotatable bonds is 3. The van der Waals surface area contributed by atoms with Crippen molar-refractivity contribution >= 4 is 0 Å². The van der Waals surface area contributed by atoms with Crippen LogP contribution in [0, 0.1) is 5.92 Å². The lowest BCUT2D eigenvalue weighted by molar-refractivity contribution is -0.157. The van der Waals surface area contributed by atoms with E-state index in [9.17, 15) is 5.11 Å². The average molecular weight is 272 g/mol. The summed E-state index contributed by atoms with van der Waals surface area (Å²) < 4.78 is 6.00. The molecule has 0 amide bonds. The maximum atomic E-state index is 10.9. The van der Waals surface area contributed by atoms with Crippen molar-refractivity contribution in [2.24, 2.45) is 5.92 Å².